The Balaban J connectivity index is 1.92. The van der Waals surface area contributed by atoms with Gasteiger partial charge in [0.2, 0.25) is 0 Å². The molecule has 17 heavy (non-hydrogen) atoms. The second kappa shape index (κ2) is 5.19. The van der Waals surface area contributed by atoms with Gasteiger partial charge < -0.3 is 10.2 Å². The Kier molecular flexibility index (Phi) is 3.64. The van der Waals surface area contributed by atoms with Gasteiger partial charge in [-0.25, -0.2) is 4.79 Å². The van der Waals surface area contributed by atoms with Crippen LogP contribution in [0.4, 0.5) is 10.5 Å². The molecule has 0 spiro atoms. The van der Waals surface area contributed by atoms with E-state index in [0.717, 1.165) is 0 Å². The van der Waals surface area contributed by atoms with E-state index in [0.29, 0.717) is 36.6 Å². The molecule has 0 saturated carbocycles. The van der Waals surface area contributed by atoms with Crippen molar-refractivity contribution in [1.29, 1.82) is 0 Å². The molecule has 0 radical (unpaired) electrons. The summed E-state index contributed by atoms with van der Waals surface area (Å²) in [5.74, 6) is 0.223. The molecule has 1 fully saturated rings. The summed E-state index contributed by atoms with van der Waals surface area (Å²) in [6.07, 6.45) is 0.905. The van der Waals surface area contributed by atoms with Crippen LogP contribution >= 0.6 is 11.6 Å². The summed E-state index contributed by atoms with van der Waals surface area (Å²) in [4.78, 5) is 24.5. The Morgan fingerprint density at radius 1 is 1.18 bits per heavy atom. The molecule has 90 valence electrons. The van der Waals surface area contributed by atoms with Crippen LogP contribution in [0.15, 0.2) is 24.3 Å². The standard InChI is InChI=1S/C12H13ClN2O2/c13-9-1-3-10(4-2-9)14-12(17)15-7-5-11(16)6-8-15/h1-4H,5-8H2,(H,14,17). The maximum absolute atomic E-state index is 11.8. The molecule has 1 N–H and O–H groups in total. The van der Waals surface area contributed by atoms with E-state index in [1.165, 1.54) is 0 Å². The maximum atomic E-state index is 11.8. The molecule has 1 saturated heterocycles. The summed E-state index contributed by atoms with van der Waals surface area (Å²) in [6.45, 7) is 0.997. The van der Waals surface area contributed by atoms with Gasteiger partial charge >= 0.3 is 6.03 Å². The topological polar surface area (TPSA) is 49.4 Å². The predicted molar refractivity (Wildman–Crippen MR) is 66.3 cm³/mol. The fraction of sp³-hybridized carbons (Fsp3) is 0.333. The smallest absolute Gasteiger partial charge is 0.321 e. The molecule has 1 heterocycles. The molecular weight excluding hydrogens is 240 g/mol. The van der Waals surface area contributed by atoms with Crippen molar-refractivity contribution in [3.63, 3.8) is 0 Å². The molecule has 1 aromatic carbocycles. The first-order chi connectivity index (χ1) is 8.15. The molecule has 1 aliphatic rings. The minimum Gasteiger partial charge on any atom is -0.324 e. The van der Waals surface area contributed by atoms with Crippen molar-refractivity contribution in [2.75, 3.05) is 18.4 Å². The molecule has 0 aliphatic carbocycles. The average molecular weight is 253 g/mol. The number of nitrogens with one attached hydrogen (secondary N) is 1. The fourth-order valence-corrected chi connectivity index (χ4v) is 1.82. The number of halogens is 1. The van der Waals surface area contributed by atoms with Gasteiger partial charge in [-0.05, 0) is 24.3 Å². The highest BCUT2D eigenvalue weighted by Gasteiger charge is 2.20. The van der Waals surface area contributed by atoms with E-state index in [-0.39, 0.29) is 11.8 Å². The molecule has 1 aromatic rings. The van der Waals surface area contributed by atoms with Gasteiger partial charge in [-0.2, -0.15) is 0 Å². The largest absolute Gasteiger partial charge is 0.324 e. The maximum Gasteiger partial charge on any atom is 0.321 e. The van der Waals surface area contributed by atoms with Gasteiger partial charge in [0.15, 0.2) is 0 Å². The number of urea groups is 1. The fourth-order valence-electron chi connectivity index (χ4n) is 1.69. The summed E-state index contributed by atoms with van der Waals surface area (Å²) in [7, 11) is 0. The van der Waals surface area contributed by atoms with Crippen molar-refractivity contribution in [2.45, 2.75) is 12.8 Å². The van der Waals surface area contributed by atoms with E-state index in [9.17, 15) is 9.59 Å². The highest BCUT2D eigenvalue weighted by Crippen LogP contribution is 2.14. The van der Waals surface area contributed by atoms with Crippen molar-refractivity contribution < 1.29 is 9.59 Å². The Hall–Kier alpha value is -1.55. The summed E-state index contributed by atoms with van der Waals surface area (Å²) in [5.41, 5.74) is 0.705. The van der Waals surface area contributed by atoms with Crippen LogP contribution in [0.1, 0.15) is 12.8 Å². The summed E-state index contributed by atoms with van der Waals surface area (Å²) >= 11 is 5.75. The highest BCUT2D eigenvalue weighted by atomic mass is 35.5. The van der Waals surface area contributed by atoms with Gasteiger partial charge in [-0.15, -0.1) is 0 Å². The third-order valence-corrected chi connectivity index (χ3v) is 2.96. The van der Waals surface area contributed by atoms with Gasteiger partial charge in [0.25, 0.3) is 0 Å². The van der Waals surface area contributed by atoms with E-state index in [4.69, 9.17) is 11.6 Å². The third-order valence-electron chi connectivity index (χ3n) is 2.70. The molecule has 0 bridgehead atoms. The zero-order valence-electron chi connectivity index (χ0n) is 9.28. The molecule has 5 heteroatoms. The van der Waals surface area contributed by atoms with Crippen molar-refractivity contribution >= 4 is 29.1 Å². The molecule has 0 unspecified atom stereocenters. The van der Waals surface area contributed by atoms with Crippen molar-refractivity contribution in [3.05, 3.63) is 29.3 Å². The van der Waals surface area contributed by atoms with Gasteiger partial charge in [-0.3, -0.25) is 4.79 Å². The Morgan fingerprint density at radius 2 is 1.76 bits per heavy atom. The number of carbonyl (C=O) groups is 2. The monoisotopic (exact) mass is 252 g/mol. The van der Waals surface area contributed by atoms with E-state index < -0.39 is 0 Å². The number of benzene rings is 1. The number of amides is 2. The van der Waals surface area contributed by atoms with Crippen LogP contribution in [-0.2, 0) is 4.79 Å². The van der Waals surface area contributed by atoms with E-state index in [2.05, 4.69) is 5.32 Å². The SMILES string of the molecule is O=C1CCN(C(=O)Nc2ccc(Cl)cc2)CC1. The summed E-state index contributed by atoms with van der Waals surface area (Å²) in [5, 5.41) is 3.40. The quantitative estimate of drug-likeness (QED) is 0.835. The second-order valence-electron chi connectivity index (χ2n) is 3.96. The number of carbonyl (C=O) groups excluding carboxylic acids is 2. The zero-order valence-corrected chi connectivity index (χ0v) is 10.0. The van der Waals surface area contributed by atoms with Gasteiger partial charge in [0.1, 0.15) is 5.78 Å². The van der Waals surface area contributed by atoms with Gasteiger partial charge in [-0.1, -0.05) is 11.6 Å². The Labute approximate surface area is 105 Å². The van der Waals surface area contributed by atoms with Crippen LogP contribution in [0.5, 0.6) is 0 Å². The number of anilines is 1. The van der Waals surface area contributed by atoms with Crippen LogP contribution in [0.3, 0.4) is 0 Å². The van der Waals surface area contributed by atoms with Crippen LogP contribution in [0.2, 0.25) is 5.02 Å². The number of nitrogens with zero attached hydrogens (tertiary/aromatic N) is 1. The first-order valence-electron chi connectivity index (χ1n) is 5.48. The summed E-state index contributed by atoms with van der Waals surface area (Å²) in [6, 6.07) is 6.76. The van der Waals surface area contributed by atoms with Gasteiger partial charge in [0, 0.05) is 36.6 Å². The van der Waals surface area contributed by atoms with Crippen LogP contribution < -0.4 is 5.32 Å². The molecule has 4 nitrogen and oxygen atoms in total. The first kappa shape index (κ1) is 11.9. The number of hydrogen-bond acceptors (Lipinski definition) is 2. The Bertz CT molecular complexity index is 421. The number of hydrogen-bond donors (Lipinski definition) is 1. The predicted octanol–water partition coefficient (Wildman–Crippen LogP) is 2.54. The number of piperidine rings is 1. The molecule has 2 amide bonds. The first-order valence-corrected chi connectivity index (χ1v) is 5.86. The average Bonchev–Trinajstić information content (AvgIpc) is 2.33. The number of Topliss-reactive ketones (excluding diaryl/α,β-unsaturated/α-hetero) is 1. The highest BCUT2D eigenvalue weighted by molar-refractivity contribution is 6.30. The number of ketones is 1. The van der Waals surface area contributed by atoms with Crippen molar-refractivity contribution in [1.82, 2.24) is 4.90 Å². The van der Waals surface area contributed by atoms with E-state index in [1.54, 1.807) is 29.2 Å². The van der Waals surface area contributed by atoms with Crippen molar-refractivity contribution in [3.8, 4) is 0 Å². The third kappa shape index (κ3) is 3.20. The van der Waals surface area contributed by atoms with E-state index >= 15 is 0 Å². The van der Waals surface area contributed by atoms with E-state index in [1.807, 2.05) is 0 Å². The molecule has 1 aliphatic heterocycles. The minimum absolute atomic E-state index is 0.167. The molecule has 0 aromatic heterocycles. The second-order valence-corrected chi connectivity index (χ2v) is 4.40. The van der Waals surface area contributed by atoms with Crippen molar-refractivity contribution in [2.24, 2.45) is 0 Å². The zero-order chi connectivity index (χ0) is 12.3. The number of rotatable bonds is 1. The normalized spacial score (nSPS) is 15.8. The number of likely N-dealkylation sites (tertiary alicyclic amines) is 1. The minimum atomic E-state index is -0.167. The lowest BCUT2D eigenvalue weighted by molar-refractivity contribution is -0.120. The van der Waals surface area contributed by atoms with Crippen LogP contribution in [-0.4, -0.2) is 29.8 Å². The molecule has 2 rings (SSSR count). The molecular formula is C12H13ClN2O2. The molecule has 0 atom stereocenters. The van der Waals surface area contributed by atoms with Crippen LogP contribution in [0.25, 0.3) is 0 Å². The summed E-state index contributed by atoms with van der Waals surface area (Å²) < 4.78 is 0. The lowest BCUT2D eigenvalue weighted by Gasteiger charge is -2.26. The lowest BCUT2D eigenvalue weighted by Crippen LogP contribution is -2.41. The Morgan fingerprint density at radius 3 is 2.35 bits per heavy atom. The van der Waals surface area contributed by atoms with Gasteiger partial charge in [0.05, 0.1) is 0 Å². The lowest BCUT2D eigenvalue weighted by atomic mass is 10.1. The van der Waals surface area contributed by atoms with Crippen LogP contribution in [0, 0.1) is 0 Å².